The van der Waals surface area contributed by atoms with Crippen LogP contribution in [0.4, 0.5) is 0 Å². The summed E-state index contributed by atoms with van der Waals surface area (Å²) in [5.74, 6) is 1.95. The molecule has 0 atom stereocenters. The van der Waals surface area contributed by atoms with E-state index in [1.807, 2.05) is 6.07 Å². The molecule has 1 heterocycles. The molecule has 0 radical (unpaired) electrons. The van der Waals surface area contributed by atoms with Gasteiger partial charge in [0.05, 0.1) is 0 Å². The van der Waals surface area contributed by atoms with Crippen LogP contribution in [0.15, 0.2) is 164 Å². The largest absolute Gasteiger partial charge is 0.208 e. The second-order valence-electron chi connectivity index (χ2n) is 11.0. The zero-order valence-corrected chi connectivity index (χ0v) is 23.9. The lowest BCUT2D eigenvalue weighted by molar-refractivity contribution is 1.07. The topological polar surface area (TPSA) is 38.7 Å². The maximum absolute atomic E-state index is 5.03. The summed E-state index contributed by atoms with van der Waals surface area (Å²) in [4.78, 5) is 15.1. The molecule has 0 aliphatic rings. The van der Waals surface area contributed by atoms with Crippen LogP contribution in [0.3, 0.4) is 0 Å². The fourth-order valence-corrected chi connectivity index (χ4v) is 5.74. The summed E-state index contributed by atoms with van der Waals surface area (Å²) in [6.45, 7) is 0. The maximum atomic E-state index is 5.03. The smallest absolute Gasteiger partial charge is 0.164 e. The van der Waals surface area contributed by atoms with Gasteiger partial charge in [-0.25, -0.2) is 15.0 Å². The first-order valence-corrected chi connectivity index (χ1v) is 14.8. The Balaban J connectivity index is 1.25. The summed E-state index contributed by atoms with van der Waals surface area (Å²) in [5.41, 5.74) is 7.46. The van der Waals surface area contributed by atoms with Gasteiger partial charge in [-0.2, -0.15) is 0 Å². The van der Waals surface area contributed by atoms with Crippen molar-refractivity contribution in [2.75, 3.05) is 0 Å². The van der Waals surface area contributed by atoms with Gasteiger partial charge in [-0.1, -0.05) is 146 Å². The van der Waals surface area contributed by atoms with Crippen molar-refractivity contribution in [1.29, 1.82) is 0 Å². The van der Waals surface area contributed by atoms with E-state index in [9.17, 15) is 0 Å². The molecule has 8 rings (SSSR count). The van der Waals surface area contributed by atoms with Crippen molar-refractivity contribution < 1.29 is 0 Å². The number of hydrogen-bond donors (Lipinski definition) is 0. The molecule has 0 saturated heterocycles. The quantitative estimate of drug-likeness (QED) is 0.210. The van der Waals surface area contributed by atoms with Gasteiger partial charge in [0.15, 0.2) is 17.5 Å². The van der Waals surface area contributed by atoms with E-state index < -0.39 is 0 Å². The second kappa shape index (κ2) is 11.0. The zero-order valence-electron chi connectivity index (χ0n) is 23.9. The lowest BCUT2D eigenvalue weighted by atomic mass is 9.99. The summed E-state index contributed by atoms with van der Waals surface area (Å²) in [6, 6.07) is 57.1. The average Bonchev–Trinajstić information content (AvgIpc) is 3.11. The number of rotatable bonds is 5. The first kappa shape index (κ1) is 25.8. The molecule has 0 fully saturated rings. The van der Waals surface area contributed by atoms with Gasteiger partial charge in [0.25, 0.3) is 0 Å². The Labute approximate surface area is 256 Å². The van der Waals surface area contributed by atoms with Crippen LogP contribution in [0.5, 0.6) is 0 Å². The van der Waals surface area contributed by atoms with Crippen LogP contribution in [0.1, 0.15) is 0 Å². The molecular formula is C41H27N3. The maximum Gasteiger partial charge on any atom is 0.164 e. The molecule has 3 heteroatoms. The van der Waals surface area contributed by atoms with Crippen LogP contribution in [-0.2, 0) is 0 Å². The lowest BCUT2D eigenvalue weighted by Crippen LogP contribution is -2.00. The Bertz CT molecular complexity index is 2270. The molecular weight excluding hydrogens is 534 g/mol. The molecule has 206 valence electrons. The molecule has 0 aliphatic carbocycles. The van der Waals surface area contributed by atoms with Crippen molar-refractivity contribution in [2.24, 2.45) is 0 Å². The number of nitrogens with zero attached hydrogens (tertiary/aromatic N) is 3. The molecule has 0 unspecified atom stereocenters. The van der Waals surface area contributed by atoms with E-state index in [2.05, 4.69) is 158 Å². The molecule has 3 nitrogen and oxygen atoms in total. The Morgan fingerprint density at radius 1 is 0.227 bits per heavy atom. The van der Waals surface area contributed by atoms with Gasteiger partial charge in [-0.15, -0.1) is 0 Å². The molecule has 7 aromatic carbocycles. The van der Waals surface area contributed by atoms with E-state index in [1.165, 1.54) is 21.7 Å². The minimum absolute atomic E-state index is 0.646. The Morgan fingerprint density at radius 2 is 0.614 bits per heavy atom. The normalized spacial score (nSPS) is 11.2. The highest BCUT2D eigenvalue weighted by atomic mass is 15.0. The summed E-state index contributed by atoms with van der Waals surface area (Å²) in [6.07, 6.45) is 0. The van der Waals surface area contributed by atoms with E-state index in [0.29, 0.717) is 17.5 Å². The van der Waals surface area contributed by atoms with Crippen molar-refractivity contribution in [3.8, 4) is 56.4 Å². The molecule has 0 saturated carbocycles. The summed E-state index contributed by atoms with van der Waals surface area (Å²) >= 11 is 0. The number of hydrogen-bond acceptors (Lipinski definition) is 3. The molecule has 44 heavy (non-hydrogen) atoms. The van der Waals surface area contributed by atoms with Crippen LogP contribution in [0, 0.1) is 0 Å². The molecule has 8 aromatic rings. The molecule has 0 bridgehead atoms. The summed E-state index contributed by atoms with van der Waals surface area (Å²) in [5, 5.41) is 4.78. The molecule has 0 N–H and O–H groups in total. The fraction of sp³-hybridized carbons (Fsp3) is 0. The first-order valence-electron chi connectivity index (χ1n) is 14.8. The SMILES string of the molecule is c1ccc(-c2ccc(-c3nc(-c4cccc(-c5ccc6ccccc6c5)c4)nc(-c4ccc5ccccc5c4)n3)cc2)cc1. The van der Waals surface area contributed by atoms with Crippen LogP contribution in [0.2, 0.25) is 0 Å². The zero-order chi connectivity index (χ0) is 29.3. The van der Waals surface area contributed by atoms with Crippen LogP contribution in [0.25, 0.3) is 78.0 Å². The number of aromatic nitrogens is 3. The van der Waals surface area contributed by atoms with Crippen LogP contribution in [-0.4, -0.2) is 15.0 Å². The van der Waals surface area contributed by atoms with Gasteiger partial charge in [0.2, 0.25) is 0 Å². The minimum Gasteiger partial charge on any atom is -0.208 e. The van der Waals surface area contributed by atoms with Gasteiger partial charge in [0.1, 0.15) is 0 Å². The van der Waals surface area contributed by atoms with E-state index in [0.717, 1.165) is 38.8 Å². The van der Waals surface area contributed by atoms with Gasteiger partial charge < -0.3 is 0 Å². The molecule has 0 spiro atoms. The highest BCUT2D eigenvalue weighted by Crippen LogP contribution is 2.31. The van der Waals surface area contributed by atoms with Gasteiger partial charge in [-0.05, 0) is 62.0 Å². The third-order valence-corrected chi connectivity index (χ3v) is 8.10. The van der Waals surface area contributed by atoms with Crippen LogP contribution < -0.4 is 0 Å². The minimum atomic E-state index is 0.646. The van der Waals surface area contributed by atoms with E-state index in [1.54, 1.807) is 0 Å². The van der Waals surface area contributed by atoms with E-state index in [4.69, 9.17) is 15.0 Å². The third-order valence-electron chi connectivity index (χ3n) is 8.10. The van der Waals surface area contributed by atoms with Gasteiger partial charge in [-0.3, -0.25) is 0 Å². The van der Waals surface area contributed by atoms with Crippen molar-refractivity contribution in [3.05, 3.63) is 164 Å². The highest BCUT2D eigenvalue weighted by Gasteiger charge is 2.14. The Morgan fingerprint density at radius 3 is 1.27 bits per heavy atom. The molecule has 0 amide bonds. The van der Waals surface area contributed by atoms with Crippen LogP contribution >= 0.6 is 0 Å². The van der Waals surface area contributed by atoms with E-state index >= 15 is 0 Å². The molecule has 1 aromatic heterocycles. The number of fused-ring (bicyclic) bond motifs is 2. The van der Waals surface area contributed by atoms with Gasteiger partial charge >= 0.3 is 0 Å². The fourth-order valence-electron chi connectivity index (χ4n) is 5.74. The van der Waals surface area contributed by atoms with Crippen molar-refractivity contribution >= 4 is 21.5 Å². The average molecular weight is 562 g/mol. The van der Waals surface area contributed by atoms with Crippen molar-refractivity contribution in [3.63, 3.8) is 0 Å². The Kier molecular flexibility index (Phi) is 6.47. The lowest BCUT2D eigenvalue weighted by Gasteiger charge is -2.11. The van der Waals surface area contributed by atoms with Crippen molar-refractivity contribution in [2.45, 2.75) is 0 Å². The second-order valence-corrected chi connectivity index (χ2v) is 11.0. The standard InChI is InChI=1S/C41H27N3/c1-2-9-28(10-3-1)31-17-21-32(22-18-31)39-42-40(44-41(43-39)38-24-20-30-12-5-7-14-34(30)26-38)37-16-8-15-35(27-37)36-23-19-29-11-4-6-13-33(29)25-36/h1-27H. The summed E-state index contributed by atoms with van der Waals surface area (Å²) < 4.78 is 0. The highest BCUT2D eigenvalue weighted by molar-refractivity contribution is 5.88. The molecule has 0 aliphatic heterocycles. The monoisotopic (exact) mass is 561 g/mol. The number of benzene rings is 7. The third kappa shape index (κ3) is 5.01. The Hall–Kier alpha value is -5.93. The van der Waals surface area contributed by atoms with Crippen molar-refractivity contribution in [1.82, 2.24) is 15.0 Å². The summed E-state index contributed by atoms with van der Waals surface area (Å²) in [7, 11) is 0. The first-order chi connectivity index (χ1) is 21.8. The van der Waals surface area contributed by atoms with E-state index in [-0.39, 0.29) is 0 Å². The predicted molar refractivity (Wildman–Crippen MR) is 182 cm³/mol. The predicted octanol–water partition coefficient (Wildman–Crippen LogP) is 10.5. The van der Waals surface area contributed by atoms with Gasteiger partial charge in [0, 0.05) is 16.7 Å².